The van der Waals surface area contributed by atoms with Crippen LogP contribution < -0.4 is 10.6 Å². The lowest BCUT2D eigenvalue weighted by molar-refractivity contribution is -0.115. The SMILES string of the molecule is Cc1ccc(NC(=O)Cc2csc(Nc3ccc(F)cc3)n2)cc1F. The van der Waals surface area contributed by atoms with E-state index in [1.807, 2.05) is 0 Å². The summed E-state index contributed by atoms with van der Waals surface area (Å²) in [5.41, 5.74) is 2.24. The molecular formula is C18H15F2N3OS. The number of nitrogens with zero attached hydrogens (tertiary/aromatic N) is 1. The Hall–Kier alpha value is -2.80. The van der Waals surface area contributed by atoms with E-state index >= 15 is 0 Å². The summed E-state index contributed by atoms with van der Waals surface area (Å²) in [5.74, 6) is -0.950. The van der Waals surface area contributed by atoms with Crippen LogP contribution in [0.2, 0.25) is 0 Å². The van der Waals surface area contributed by atoms with Crippen LogP contribution in [0.4, 0.5) is 25.3 Å². The number of amides is 1. The smallest absolute Gasteiger partial charge is 0.230 e. The fourth-order valence-corrected chi connectivity index (χ4v) is 2.87. The van der Waals surface area contributed by atoms with Gasteiger partial charge in [-0.25, -0.2) is 13.8 Å². The molecule has 1 heterocycles. The number of carbonyl (C=O) groups excluding carboxylic acids is 1. The van der Waals surface area contributed by atoms with Gasteiger partial charge in [0.05, 0.1) is 12.1 Å². The van der Waals surface area contributed by atoms with E-state index in [1.54, 1.807) is 36.6 Å². The lowest BCUT2D eigenvalue weighted by atomic mass is 10.2. The molecule has 0 saturated carbocycles. The molecule has 0 aliphatic carbocycles. The fourth-order valence-electron chi connectivity index (χ4n) is 2.14. The van der Waals surface area contributed by atoms with Crippen LogP contribution in [0.5, 0.6) is 0 Å². The second kappa shape index (κ2) is 7.40. The third kappa shape index (κ3) is 4.60. The largest absolute Gasteiger partial charge is 0.332 e. The maximum absolute atomic E-state index is 13.5. The zero-order valence-corrected chi connectivity index (χ0v) is 14.2. The minimum atomic E-state index is -0.364. The molecule has 1 aromatic heterocycles. The van der Waals surface area contributed by atoms with Gasteiger partial charge in [-0.05, 0) is 48.9 Å². The molecule has 25 heavy (non-hydrogen) atoms. The summed E-state index contributed by atoms with van der Waals surface area (Å²) in [7, 11) is 0. The zero-order valence-electron chi connectivity index (χ0n) is 13.3. The monoisotopic (exact) mass is 359 g/mol. The summed E-state index contributed by atoms with van der Waals surface area (Å²) >= 11 is 1.35. The molecule has 7 heteroatoms. The van der Waals surface area contributed by atoms with E-state index in [0.717, 1.165) is 0 Å². The highest BCUT2D eigenvalue weighted by atomic mass is 32.1. The Balaban J connectivity index is 1.59. The van der Waals surface area contributed by atoms with Crippen molar-refractivity contribution in [3.05, 3.63) is 70.7 Å². The summed E-state index contributed by atoms with van der Waals surface area (Å²) in [6.07, 6.45) is 0.0804. The van der Waals surface area contributed by atoms with E-state index in [-0.39, 0.29) is 24.0 Å². The molecule has 0 aliphatic rings. The number of benzene rings is 2. The molecule has 0 bridgehead atoms. The third-order valence-corrected chi connectivity index (χ3v) is 4.25. The van der Waals surface area contributed by atoms with E-state index in [2.05, 4.69) is 15.6 Å². The van der Waals surface area contributed by atoms with Gasteiger partial charge in [-0.1, -0.05) is 6.07 Å². The summed E-state index contributed by atoms with van der Waals surface area (Å²) in [6, 6.07) is 10.5. The van der Waals surface area contributed by atoms with Crippen LogP contribution in [0.15, 0.2) is 47.8 Å². The van der Waals surface area contributed by atoms with Gasteiger partial charge in [0.2, 0.25) is 5.91 Å². The lowest BCUT2D eigenvalue weighted by Gasteiger charge is -2.05. The average molecular weight is 359 g/mol. The van der Waals surface area contributed by atoms with Crippen LogP contribution >= 0.6 is 11.3 Å². The van der Waals surface area contributed by atoms with Crippen LogP contribution in [-0.2, 0) is 11.2 Å². The van der Waals surface area contributed by atoms with Crippen molar-refractivity contribution in [2.75, 3.05) is 10.6 Å². The summed E-state index contributed by atoms with van der Waals surface area (Å²) in [4.78, 5) is 16.4. The molecule has 0 fully saturated rings. The molecule has 1 amide bonds. The first-order valence-corrected chi connectivity index (χ1v) is 8.40. The summed E-state index contributed by atoms with van der Waals surface area (Å²) < 4.78 is 26.4. The van der Waals surface area contributed by atoms with Crippen LogP contribution in [0.25, 0.3) is 0 Å². The van der Waals surface area contributed by atoms with E-state index < -0.39 is 0 Å². The molecule has 3 rings (SSSR count). The highest BCUT2D eigenvalue weighted by Gasteiger charge is 2.09. The van der Waals surface area contributed by atoms with Gasteiger partial charge in [0.25, 0.3) is 0 Å². The Morgan fingerprint density at radius 3 is 2.56 bits per heavy atom. The predicted octanol–water partition coefficient (Wildman–Crippen LogP) is 4.65. The highest BCUT2D eigenvalue weighted by molar-refractivity contribution is 7.13. The standard InChI is InChI=1S/C18H15F2N3OS/c1-11-2-5-14(8-16(11)20)21-17(24)9-15-10-25-18(23-15)22-13-6-3-12(19)4-7-13/h2-8,10H,9H2,1H3,(H,21,24)(H,22,23). The van der Waals surface area contributed by atoms with E-state index in [1.165, 1.54) is 29.5 Å². The van der Waals surface area contributed by atoms with Crippen molar-refractivity contribution >= 4 is 33.8 Å². The second-order valence-corrected chi connectivity index (χ2v) is 6.32. The molecule has 0 spiro atoms. The summed E-state index contributed by atoms with van der Waals surface area (Å²) in [6.45, 7) is 1.66. The Kier molecular flexibility index (Phi) is 5.04. The number of anilines is 3. The molecule has 3 aromatic rings. The molecule has 2 aromatic carbocycles. The molecule has 0 unspecified atom stereocenters. The second-order valence-electron chi connectivity index (χ2n) is 5.46. The number of hydrogen-bond donors (Lipinski definition) is 2. The fraction of sp³-hybridized carbons (Fsp3) is 0.111. The Bertz CT molecular complexity index is 894. The van der Waals surface area contributed by atoms with Gasteiger partial charge < -0.3 is 10.6 Å². The third-order valence-electron chi connectivity index (χ3n) is 3.44. The normalized spacial score (nSPS) is 10.5. The number of nitrogens with one attached hydrogen (secondary N) is 2. The first kappa shape index (κ1) is 17.0. The van der Waals surface area contributed by atoms with Gasteiger partial charge in [0, 0.05) is 16.8 Å². The van der Waals surface area contributed by atoms with Crippen molar-refractivity contribution in [3.8, 4) is 0 Å². The number of thiazole rings is 1. The first-order valence-electron chi connectivity index (χ1n) is 7.52. The minimum absolute atomic E-state index is 0.0804. The number of hydrogen-bond acceptors (Lipinski definition) is 4. The number of rotatable bonds is 5. The maximum Gasteiger partial charge on any atom is 0.230 e. The van der Waals surface area contributed by atoms with Crippen LogP contribution in [0, 0.1) is 18.6 Å². The van der Waals surface area contributed by atoms with Crippen molar-refractivity contribution < 1.29 is 13.6 Å². The maximum atomic E-state index is 13.5. The van der Waals surface area contributed by atoms with Crippen LogP contribution in [0.3, 0.4) is 0 Å². The quantitative estimate of drug-likeness (QED) is 0.697. The Morgan fingerprint density at radius 1 is 1.12 bits per heavy atom. The van der Waals surface area contributed by atoms with Crippen LogP contribution in [-0.4, -0.2) is 10.9 Å². The van der Waals surface area contributed by atoms with Crippen LogP contribution in [0.1, 0.15) is 11.3 Å². The summed E-state index contributed by atoms with van der Waals surface area (Å²) in [5, 5.41) is 8.07. The highest BCUT2D eigenvalue weighted by Crippen LogP contribution is 2.22. The number of halogens is 2. The molecule has 4 nitrogen and oxygen atoms in total. The van der Waals surface area contributed by atoms with Crippen molar-refractivity contribution in [1.82, 2.24) is 4.98 Å². The molecule has 0 radical (unpaired) electrons. The average Bonchev–Trinajstić information content (AvgIpc) is 3.00. The predicted molar refractivity (Wildman–Crippen MR) is 95.3 cm³/mol. The first-order chi connectivity index (χ1) is 12.0. The van der Waals surface area contributed by atoms with E-state index in [9.17, 15) is 13.6 Å². The zero-order chi connectivity index (χ0) is 17.8. The molecule has 0 saturated heterocycles. The molecular weight excluding hydrogens is 344 g/mol. The van der Waals surface area contributed by atoms with Crippen molar-refractivity contribution in [2.24, 2.45) is 0 Å². The topological polar surface area (TPSA) is 54.0 Å². The molecule has 0 atom stereocenters. The van der Waals surface area contributed by atoms with Crippen molar-refractivity contribution in [1.29, 1.82) is 0 Å². The number of aryl methyl sites for hydroxylation is 1. The van der Waals surface area contributed by atoms with Gasteiger partial charge in [-0.3, -0.25) is 4.79 Å². The van der Waals surface area contributed by atoms with Gasteiger partial charge in [0.15, 0.2) is 5.13 Å². The minimum Gasteiger partial charge on any atom is -0.332 e. The van der Waals surface area contributed by atoms with Gasteiger partial charge >= 0.3 is 0 Å². The van der Waals surface area contributed by atoms with Gasteiger partial charge in [0.1, 0.15) is 11.6 Å². The lowest BCUT2D eigenvalue weighted by Crippen LogP contribution is -2.14. The number of carbonyl (C=O) groups is 1. The molecule has 2 N–H and O–H groups in total. The molecule has 0 aliphatic heterocycles. The van der Waals surface area contributed by atoms with E-state index in [0.29, 0.717) is 27.8 Å². The van der Waals surface area contributed by atoms with Crippen molar-refractivity contribution in [2.45, 2.75) is 13.3 Å². The Morgan fingerprint density at radius 2 is 1.84 bits per heavy atom. The van der Waals surface area contributed by atoms with Gasteiger partial charge in [-0.15, -0.1) is 11.3 Å². The van der Waals surface area contributed by atoms with E-state index in [4.69, 9.17) is 0 Å². The molecule has 128 valence electrons. The Labute approximate surface area is 147 Å². The van der Waals surface area contributed by atoms with Gasteiger partial charge in [-0.2, -0.15) is 0 Å². The van der Waals surface area contributed by atoms with Crippen molar-refractivity contribution in [3.63, 3.8) is 0 Å². The number of aromatic nitrogens is 1.